The van der Waals surface area contributed by atoms with E-state index in [2.05, 4.69) is 21.2 Å². The molecule has 0 amide bonds. The molecule has 3 N–H and O–H groups in total. The fourth-order valence-electron chi connectivity index (χ4n) is 3.54. The second-order valence-corrected chi connectivity index (χ2v) is 7.21. The van der Waals surface area contributed by atoms with Gasteiger partial charge in [0.2, 0.25) is 0 Å². The van der Waals surface area contributed by atoms with E-state index in [-0.39, 0.29) is 35.9 Å². The lowest BCUT2D eigenvalue weighted by Crippen LogP contribution is -2.47. The maximum atomic E-state index is 13.2. The standard InChI is InChI=1S/C19H19BrN2O7/c1-9-13(17(24)28-7-6-26-2)19(18(25)29-9)11-8-10(20)4-5-12(11)22-15(21)14(19)16(23)27-3/h4-5,8,22H,6-7,21H2,1-3H3/t19-/m0/s1. The Morgan fingerprint density at radius 3 is 2.59 bits per heavy atom. The van der Waals surface area contributed by atoms with Gasteiger partial charge in [-0.3, -0.25) is 0 Å². The number of ether oxygens (including phenoxy) is 4. The van der Waals surface area contributed by atoms with Crippen LogP contribution >= 0.6 is 15.9 Å². The van der Waals surface area contributed by atoms with E-state index < -0.39 is 23.3 Å². The van der Waals surface area contributed by atoms with Crippen molar-refractivity contribution in [2.45, 2.75) is 12.3 Å². The zero-order valence-electron chi connectivity index (χ0n) is 16.0. The summed E-state index contributed by atoms with van der Waals surface area (Å²) in [6, 6.07) is 5.00. The molecule has 29 heavy (non-hydrogen) atoms. The van der Waals surface area contributed by atoms with Gasteiger partial charge in [0.05, 0.1) is 13.7 Å². The van der Waals surface area contributed by atoms with E-state index in [0.29, 0.717) is 15.7 Å². The number of benzene rings is 1. The van der Waals surface area contributed by atoms with Gasteiger partial charge >= 0.3 is 17.9 Å². The average molecular weight is 467 g/mol. The van der Waals surface area contributed by atoms with Gasteiger partial charge in [0, 0.05) is 22.8 Å². The molecule has 1 atom stereocenters. The molecule has 0 unspecified atom stereocenters. The maximum Gasteiger partial charge on any atom is 0.339 e. The van der Waals surface area contributed by atoms with Gasteiger partial charge in [-0.05, 0) is 25.1 Å². The van der Waals surface area contributed by atoms with E-state index >= 15 is 0 Å². The molecule has 2 aliphatic rings. The van der Waals surface area contributed by atoms with Gasteiger partial charge in [0.15, 0.2) is 5.41 Å². The van der Waals surface area contributed by atoms with Crippen LogP contribution in [0.1, 0.15) is 12.5 Å². The summed E-state index contributed by atoms with van der Waals surface area (Å²) in [6.45, 7) is 1.56. The van der Waals surface area contributed by atoms with Crippen molar-refractivity contribution in [3.05, 3.63) is 51.0 Å². The summed E-state index contributed by atoms with van der Waals surface area (Å²) in [5.74, 6) is -2.67. The number of methoxy groups -OCH3 is 2. The lowest BCUT2D eigenvalue weighted by Gasteiger charge is -2.36. The zero-order chi connectivity index (χ0) is 21.3. The minimum atomic E-state index is -1.93. The maximum absolute atomic E-state index is 13.2. The van der Waals surface area contributed by atoms with Gasteiger partial charge < -0.3 is 30.0 Å². The van der Waals surface area contributed by atoms with Crippen molar-refractivity contribution in [1.29, 1.82) is 0 Å². The molecule has 0 saturated carbocycles. The predicted molar refractivity (Wildman–Crippen MR) is 104 cm³/mol. The quantitative estimate of drug-likeness (QED) is 0.376. The fourth-order valence-corrected chi connectivity index (χ4v) is 3.90. The van der Waals surface area contributed by atoms with Crippen molar-refractivity contribution in [2.24, 2.45) is 5.73 Å². The molecule has 0 saturated heterocycles. The zero-order valence-corrected chi connectivity index (χ0v) is 17.5. The van der Waals surface area contributed by atoms with Crippen LogP contribution in [0.25, 0.3) is 0 Å². The smallest absolute Gasteiger partial charge is 0.339 e. The first-order valence-corrected chi connectivity index (χ1v) is 9.33. The normalized spacial score (nSPS) is 20.3. The summed E-state index contributed by atoms with van der Waals surface area (Å²) >= 11 is 3.36. The summed E-state index contributed by atoms with van der Waals surface area (Å²) in [5.41, 5.74) is 4.54. The molecule has 0 fully saturated rings. The van der Waals surface area contributed by atoms with Crippen molar-refractivity contribution in [3.8, 4) is 0 Å². The molecule has 2 aliphatic heterocycles. The Bertz CT molecular complexity index is 969. The number of hydrogen-bond acceptors (Lipinski definition) is 9. The summed E-state index contributed by atoms with van der Waals surface area (Å²) in [5, 5.41) is 2.88. The summed E-state index contributed by atoms with van der Waals surface area (Å²) in [7, 11) is 2.61. The molecule has 0 aliphatic carbocycles. The van der Waals surface area contributed by atoms with Gasteiger partial charge in [-0.25, -0.2) is 14.4 Å². The predicted octanol–water partition coefficient (Wildman–Crippen LogP) is 1.48. The van der Waals surface area contributed by atoms with Gasteiger partial charge in [-0.2, -0.15) is 0 Å². The highest BCUT2D eigenvalue weighted by molar-refractivity contribution is 9.10. The first-order chi connectivity index (χ1) is 13.8. The van der Waals surface area contributed by atoms with Crippen molar-refractivity contribution in [2.75, 3.05) is 32.8 Å². The van der Waals surface area contributed by atoms with Crippen LogP contribution in [0.4, 0.5) is 5.69 Å². The molecular formula is C19H19BrN2O7. The number of esters is 3. The number of halogens is 1. The molecule has 1 aromatic carbocycles. The van der Waals surface area contributed by atoms with E-state index in [1.807, 2.05) is 0 Å². The molecule has 0 aromatic heterocycles. The fraction of sp³-hybridized carbons (Fsp3) is 0.316. The van der Waals surface area contributed by atoms with Crippen molar-refractivity contribution < 1.29 is 33.3 Å². The second-order valence-electron chi connectivity index (χ2n) is 6.29. The molecule has 154 valence electrons. The number of carbonyl (C=O) groups excluding carboxylic acids is 3. The number of nitrogens with two attached hydrogens (primary N) is 1. The summed E-state index contributed by atoms with van der Waals surface area (Å²) in [4.78, 5) is 38.9. The lowest BCUT2D eigenvalue weighted by atomic mass is 9.67. The van der Waals surface area contributed by atoms with E-state index in [1.165, 1.54) is 14.0 Å². The van der Waals surface area contributed by atoms with E-state index in [0.717, 1.165) is 7.11 Å². The molecule has 0 radical (unpaired) electrons. The van der Waals surface area contributed by atoms with Crippen LogP contribution in [0.3, 0.4) is 0 Å². The van der Waals surface area contributed by atoms with Gasteiger partial charge in [-0.15, -0.1) is 0 Å². The number of cyclic esters (lactones) is 1. The van der Waals surface area contributed by atoms with Crippen molar-refractivity contribution in [3.63, 3.8) is 0 Å². The highest BCUT2D eigenvalue weighted by Gasteiger charge is 2.62. The van der Waals surface area contributed by atoms with Crippen LogP contribution in [-0.2, 0) is 38.7 Å². The molecule has 1 spiro atoms. The number of fused-ring (bicyclic) bond motifs is 2. The third-order valence-corrected chi connectivity index (χ3v) is 5.19. The number of allylic oxidation sites excluding steroid dienone is 1. The number of nitrogens with one attached hydrogen (secondary N) is 1. The monoisotopic (exact) mass is 466 g/mol. The van der Waals surface area contributed by atoms with Crippen LogP contribution in [0, 0.1) is 0 Å². The Kier molecular flexibility index (Phi) is 5.67. The van der Waals surface area contributed by atoms with Gasteiger partial charge in [0.1, 0.15) is 29.3 Å². The van der Waals surface area contributed by atoms with Crippen LogP contribution < -0.4 is 11.1 Å². The van der Waals surface area contributed by atoms with Crippen molar-refractivity contribution in [1.82, 2.24) is 0 Å². The largest absolute Gasteiger partial charge is 0.466 e. The minimum Gasteiger partial charge on any atom is -0.466 e. The number of carbonyl (C=O) groups is 3. The highest BCUT2D eigenvalue weighted by atomic mass is 79.9. The molecule has 3 rings (SSSR count). The number of hydrogen-bond donors (Lipinski definition) is 2. The van der Waals surface area contributed by atoms with E-state index in [9.17, 15) is 14.4 Å². The van der Waals surface area contributed by atoms with E-state index in [4.69, 9.17) is 24.7 Å². The first kappa shape index (κ1) is 20.9. The van der Waals surface area contributed by atoms with Gasteiger partial charge in [0.25, 0.3) is 0 Å². The van der Waals surface area contributed by atoms with Crippen molar-refractivity contribution >= 4 is 39.5 Å². The average Bonchev–Trinajstić information content (AvgIpc) is 2.93. The van der Waals surface area contributed by atoms with E-state index in [1.54, 1.807) is 18.2 Å². The topological polar surface area (TPSA) is 126 Å². The van der Waals surface area contributed by atoms with Crippen LogP contribution in [0.15, 0.2) is 45.4 Å². The first-order valence-electron chi connectivity index (χ1n) is 8.54. The molecule has 2 heterocycles. The molecular weight excluding hydrogens is 448 g/mol. The van der Waals surface area contributed by atoms with Gasteiger partial charge in [-0.1, -0.05) is 15.9 Å². The minimum absolute atomic E-state index is 0.0134. The number of rotatable bonds is 5. The molecule has 1 aromatic rings. The van der Waals surface area contributed by atoms with Crippen LogP contribution in [0.5, 0.6) is 0 Å². The van der Waals surface area contributed by atoms with Crippen LogP contribution in [-0.4, -0.2) is 45.3 Å². The molecule has 9 nitrogen and oxygen atoms in total. The second kappa shape index (κ2) is 7.88. The Hall–Kier alpha value is -2.85. The number of anilines is 1. The SMILES string of the molecule is COCCOC(=O)C1=C(C)OC(=O)[C@]12C(C(=O)OC)=C(N)Nc1ccc(Br)cc12. The Balaban J connectivity index is 2.31. The Morgan fingerprint density at radius 1 is 1.21 bits per heavy atom. The molecule has 10 heteroatoms. The summed E-state index contributed by atoms with van der Waals surface area (Å²) in [6.07, 6.45) is 0. The Labute approximate surface area is 174 Å². The summed E-state index contributed by atoms with van der Waals surface area (Å²) < 4.78 is 21.0. The highest BCUT2D eigenvalue weighted by Crippen LogP contribution is 2.53. The van der Waals surface area contributed by atoms with Crippen LogP contribution in [0.2, 0.25) is 0 Å². The Morgan fingerprint density at radius 2 is 1.93 bits per heavy atom. The third-order valence-electron chi connectivity index (χ3n) is 4.69. The lowest BCUT2D eigenvalue weighted by molar-refractivity contribution is -0.146. The molecule has 0 bridgehead atoms. The third kappa shape index (κ3) is 3.18.